The summed E-state index contributed by atoms with van der Waals surface area (Å²) in [5.41, 5.74) is -0.627. The van der Waals surface area contributed by atoms with Gasteiger partial charge in [0.15, 0.2) is 11.6 Å². The number of likely N-dealkylation sites (tertiary alicyclic amines) is 1. The summed E-state index contributed by atoms with van der Waals surface area (Å²) >= 11 is 6.42. The zero-order valence-electron chi connectivity index (χ0n) is 18.1. The number of aryl methyl sites for hydroxylation is 1. The molecule has 0 radical (unpaired) electrons. The van der Waals surface area contributed by atoms with E-state index in [0.29, 0.717) is 37.0 Å². The van der Waals surface area contributed by atoms with E-state index in [1.165, 1.54) is 26.4 Å². The van der Waals surface area contributed by atoms with Crippen LogP contribution in [0.4, 0.5) is 0 Å². The van der Waals surface area contributed by atoms with Crippen molar-refractivity contribution >= 4 is 23.2 Å². The maximum atomic E-state index is 13.5. The van der Waals surface area contributed by atoms with Crippen molar-refractivity contribution in [2.24, 2.45) is 5.92 Å². The molecule has 0 N–H and O–H groups in total. The molecule has 1 spiro atoms. The Balaban J connectivity index is 1.43. The summed E-state index contributed by atoms with van der Waals surface area (Å²) in [7, 11) is 2.90. The quantitative estimate of drug-likeness (QED) is 0.638. The molecule has 0 saturated carbocycles. The fourth-order valence-corrected chi connectivity index (χ4v) is 4.94. The van der Waals surface area contributed by atoms with E-state index in [1.54, 1.807) is 6.92 Å². The summed E-state index contributed by atoms with van der Waals surface area (Å²) < 4.78 is 22.0. The molecule has 1 aromatic heterocycles. The Hall–Kier alpha value is -3.07. The Kier molecular flexibility index (Phi) is 4.70. The number of hydrogen-bond donors (Lipinski definition) is 0. The second-order valence-corrected chi connectivity index (χ2v) is 8.73. The van der Waals surface area contributed by atoms with Gasteiger partial charge in [-0.25, -0.2) is 0 Å². The number of allylic oxidation sites excluding steroid dienone is 1. The van der Waals surface area contributed by atoms with Crippen LogP contribution in [-0.4, -0.2) is 59.5 Å². The van der Waals surface area contributed by atoms with Crippen molar-refractivity contribution in [2.45, 2.75) is 31.8 Å². The highest BCUT2D eigenvalue weighted by molar-refractivity contribution is 6.36. The lowest BCUT2D eigenvalue weighted by molar-refractivity contribution is -0.129. The molecule has 3 aliphatic rings. The summed E-state index contributed by atoms with van der Waals surface area (Å²) in [6, 6.07) is 1.53. The van der Waals surface area contributed by atoms with Crippen LogP contribution < -0.4 is 14.2 Å². The fraction of sp³-hybridized carbons (Fsp3) is 0.455. The predicted octanol–water partition coefficient (Wildman–Crippen LogP) is 2.95. The minimum atomic E-state index is -1.66. The Morgan fingerprint density at radius 3 is 2.53 bits per heavy atom. The average Bonchev–Trinajstić information content (AvgIpc) is 3.28. The lowest BCUT2D eigenvalue weighted by Crippen LogP contribution is -2.56. The van der Waals surface area contributed by atoms with E-state index >= 15 is 0 Å². The van der Waals surface area contributed by atoms with Crippen LogP contribution in [0.25, 0.3) is 0 Å². The number of Topliss-reactive ketones (excluding diaryl/α,β-unsaturated/α-hetero) is 1. The van der Waals surface area contributed by atoms with Gasteiger partial charge in [-0.2, -0.15) is 4.98 Å². The van der Waals surface area contributed by atoms with Gasteiger partial charge in [0, 0.05) is 36.8 Å². The summed E-state index contributed by atoms with van der Waals surface area (Å²) in [6.07, 6.45) is 2.01. The van der Waals surface area contributed by atoms with E-state index in [-0.39, 0.29) is 28.0 Å². The number of ketones is 2. The van der Waals surface area contributed by atoms with Crippen molar-refractivity contribution < 1.29 is 28.3 Å². The number of carbonyl (C=O) groups is 2. The number of rotatable bonds is 4. The molecule has 0 amide bonds. The van der Waals surface area contributed by atoms with E-state index < -0.39 is 23.1 Å². The Morgan fingerprint density at radius 2 is 1.94 bits per heavy atom. The van der Waals surface area contributed by atoms with Crippen LogP contribution in [0.5, 0.6) is 17.2 Å². The molecule has 1 fully saturated rings. The largest absolute Gasteiger partial charge is 0.496 e. The SMILES string of the molecule is COc1cc(OC)c2c(c1Cl)OC1(C(=O)C=C(N3CC(c4nc(C)no4)C3)CC1C)C2=O. The monoisotopic (exact) mass is 459 g/mol. The second-order valence-electron chi connectivity index (χ2n) is 8.35. The van der Waals surface area contributed by atoms with E-state index in [1.807, 2.05) is 6.92 Å². The van der Waals surface area contributed by atoms with Gasteiger partial charge in [-0.3, -0.25) is 9.59 Å². The van der Waals surface area contributed by atoms with Gasteiger partial charge in [0.05, 0.1) is 20.1 Å². The highest BCUT2D eigenvalue weighted by Gasteiger charge is 2.60. The number of aromatic nitrogens is 2. The van der Waals surface area contributed by atoms with Crippen molar-refractivity contribution in [1.82, 2.24) is 15.0 Å². The third kappa shape index (κ3) is 2.76. The summed E-state index contributed by atoms with van der Waals surface area (Å²) in [5.74, 6) is 0.774. The molecule has 1 aromatic carbocycles. The molecular formula is C22H22ClN3O6. The lowest BCUT2D eigenvalue weighted by atomic mass is 9.73. The first-order valence-corrected chi connectivity index (χ1v) is 10.7. The van der Waals surface area contributed by atoms with E-state index in [9.17, 15) is 9.59 Å². The van der Waals surface area contributed by atoms with E-state index in [0.717, 1.165) is 5.70 Å². The normalized spacial score (nSPS) is 24.8. The van der Waals surface area contributed by atoms with Crippen molar-refractivity contribution in [1.29, 1.82) is 0 Å². The Morgan fingerprint density at radius 1 is 1.22 bits per heavy atom. The van der Waals surface area contributed by atoms with Crippen LogP contribution >= 0.6 is 11.6 Å². The van der Waals surface area contributed by atoms with Gasteiger partial charge in [0.2, 0.25) is 23.1 Å². The minimum absolute atomic E-state index is 0.126. The molecule has 2 aliphatic heterocycles. The maximum absolute atomic E-state index is 13.5. The first-order valence-electron chi connectivity index (χ1n) is 10.3. The molecule has 32 heavy (non-hydrogen) atoms. The van der Waals surface area contributed by atoms with Crippen molar-refractivity contribution in [3.05, 3.63) is 40.1 Å². The van der Waals surface area contributed by atoms with Crippen LogP contribution in [0.1, 0.15) is 41.3 Å². The summed E-state index contributed by atoms with van der Waals surface area (Å²) in [6.45, 7) is 4.96. The number of hydrogen-bond acceptors (Lipinski definition) is 9. The molecular weight excluding hydrogens is 438 g/mol. The van der Waals surface area contributed by atoms with E-state index in [4.69, 9.17) is 30.3 Å². The number of benzene rings is 1. The van der Waals surface area contributed by atoms with Crippen LogP contribution in [0.3, 0.4) is 0 Å². The van der Waals surface area contributed by atoms with Gasteiger partial charge < -0.3 is 23.6 Å². The van der Waals surface area contributed by atoms with Crippen molar-refractivity contribution in [3.63, 3.8) is 0 Å². The number of ether oxygens (including phenoxy) is 3. The molecule has 5 rings (SSSR count). The summed E-state index contributed by atoms with van der Waals surface area (Å²) in [5, 5.41) is 3.98. The van der Waals surface area contributed by atoms with Gasteiger partial charge in [-0.05, 0) is 13.3 Å². The van der Waals surface area contributed by atoms with Crippen LogP contribution in [-0.2, 0) is 4.79 Å². The van der Waals surface area contributed by atoms with Gasteiger partial charge >= 0.3 is 0 Å². The van der Waals surface area contributed by atoms with Gasteiger partial charge in [0.25, 0.3) is 0 Å². The molecule has 0 bridgehead atoms. The predicted molar refractivity (Wildman–Crippen MR) is 112 cm³/mol. The smallest absolute Gasteiger partial charge is 0.236 e. The van der Waals surface area contributed by atoms with Crippen molar-refractivity contribution in [3.8, 4) is 17.2 Å². The van der Waals surface area contributed by atoms with E-state index in [2.05, 4.69) is 15.0 Å². The average molecular weight is 460 g/mol. The third-order valence-electron chi connectivity index (χ3n) is 6.47. The molecule has 2 atom stereocenters. The molecule has 1 saturated heterocycles. The Labute approximate surface area is 189 Å². The first kappa shape index (κ1) is 20.8. The molecule has 10 heteroatoms. The maximum Gasteiger partial charge on any atom is 0.236 e. The number of methoxy groups -OCH3 is 2. The second kappa shape index (κ2) is 7.23. The zero-order valence-corrected chi connectivity index (χ0v) is 18.9. The summed E-state index contributed by atoms with van der Waals surface area (Å²) in [4.78, 5) is 33.3. The van der Waals surface area contributed by atoms with Crippen LogP contribution in [0, 0.1) is 12.8 Å². The molecule has 168 valence electrons. The standard InChI is InChI=1S/C22H22ClN3O6/c1-10-5-13(26-8-12(9-26)21-24-11(2)25-32-21)6-16(27)22(10)20(28)17-14(29-3)7-15(30-4)18(23)19(17)31-22/h6-7,10,12H,5,8-9H2,1-4H3. The zero-order chi connectivity index (χ0) is 22.8. The van der Waals surface area contributed by atoms with Gasteiger partial charge in [-0.15, -0.1) is 0 Å². The van der Waals surface area contributed by atoms with Gasteiger partial charge in [-0.1, -0.05) is 23.7 Å². The first-order chi connectivity index (χ1) is 15.3. The fourth-order valence-electron chi connectivity index (χ4n) is 4.67. The number of carbonyl (C=O) groups excluding carboxylic acids is 2. The topological polar surface area (TPSA) is 104 Å². The third-order valence-corrected chi connectivity index (χ3v) is 6.83. The minimum Gasteiger partial charge on any atom is -0.496 e. The molecule has 9 nitrogen and oxygen atoms in total. The molecule has 2 unspecified atom stereocenters. The lowest BCUT2D eigenvalue weighted by Gasteiger charge is -2.44. The Bertz CT molecular complexity index is 1170. The molecule has 1 aliphatic carbocycles. The number of fused-ring (bicyclic) bond motifs is 1. The van der Waals surface area contributed by atoms with Gasteiger partial charge in [0.1, 0.15) is 22.1 Å². The van der Waals surface area contributed by atoms with Crippen LogP contribution in [0.15, 0.2) is 22.4 Å². The highest BCUT2D eigenvalue weighted by atomic mass is 35.5. The number of halogens is 1. The number of nitrogens with zero attached hydrogens (tertiary/aromatic N) is 3. The van der Waals surface area contributed by atoms with Crippen LogP contribution in [0.2, 0.25) is 5.02 Å². The highest BCUT2D eigenvalue weighted by Crippen LogP contribution is 2.53. The molecule has 2 aromatic rings. The molecule has 3 heterocycles. The van der Waals surface area contributed by atoms with Crippen molar-refractivity contribution in [2.75, 3.05) is 27.3 Å².